The van der Waals surface area contributed by atoms with Gasteiger partial charge in [0, 0.05) is 50.0 Å². The van der Waals surface area contributed by atoms with E-state index in [9.17, 15) is 108 Å². The SMILES string of the molecule is Cc1c(O)c(O)c(-c2cc(-c3c(O)c(O)c(O)c(O)c3O)c(N(c3ccc(C#N)cc3)c3ccc4ccc5c(N(c6ccc(C#N)cc6)c6cc(F)c(-c7c(O)c(O)c(O)c(O)c7O)cc6-c6c(O)c(O)c(O)c(O)c6O)ccc6ccc3c4c65)cc2F)c(O)c1O. The minimum absolute atomic E-state index is 0.0606. The molecule has 0 spiro atoms. The third-order valence-electron chi connectivity index (χ3n) is 16.1. The van der Waals surface area contributed by atoms with Crippen LogP contribution in [0.5, 0.6) is 109 Å². The Hall–Kier alpha value is -13.7. The van der Waals surface area contributed by atoms with E-state index in [2.05, 4.69) is 0 Å². The number of benzene rings is 12. The van der Waals surface area contributed by atoms with Gasteiger partial charge in [-0.05, 0) is 113 Å². The van der Waals surface area contributed by atoms with Gasteiger partial charge in [0.15, 0.2) is 57.5 Å². The first-order valence-corrected chi connectivity index (χ1v) is 26.8. The third-order valence-corrected chi connectivity index (χ3v) is 16.1. The minimum atomic E-state index is -1.44. The van der Waals surface area contributed by atoms with Gasteiger partial charge in [-0.3, -0.25) is 0 Å². The number of phenols is 19. The molecule has 0 saturated carbocycles. The van der Waals surface area contributed by atoms with Crippen molar-refractivity contribution in [2.75, 3.05) is 9.80 Å². The predicted molar refractivity (Wildman–Crippen MR) is 327 cm³/mol. The molecule has 0 fully saturated rings. The Morgan fingerprint density at radius 1 is 0.293 bits per heavy atom. The van der Waals surface area contributed by atoms with Crippen LogP contribution in [0.2, 0.25) is 0 Å². The summed E-state index contributed by atoms with van der Waals surface area (Å²) in [6.07, 6.45) is 0. The summed E-state index contributed by atoms with van der Waals surface area (Å²) in [5.74, 6) is -27.9. The maximum absolute atomic E-state index is 17.5. The lowest BCUT2D eigenvalue weighted by Crippen LogP contribution is -2.13. The van der Waals surface area contributed by atoms with E-state index in [1.165, 1.54) is 58.3 Å². The normalized spacial score (nSPS) is 11.4. The molecule has 0 amide bonds. The fourth-order valence-electron chi connectivity index (χ4n) is 11.5. The van der Waals surface area contributed by atoms with Gasteiger partial charge in [0.25, 0.3) is 0 Å². The number of nitrogens with zero attached hydrogens (tertiary/aromatic N) is 4. The Balaban J connectivity index is 1.19. The van der Waals surface area contributed by atoms with Crippen molar-refractivity contribution in [3.05, 3.63) is 150 Å². The Bertz CT molecular complexity index is 4860. The fraction of sp³-hybridized carbons (Fsp3) is 0.0149. The van der Waals surface area contributed by atoms with Gasteiger partial charge in [-0.2, -0.15) is 10.5 Å². The van der Waals surface area contributed by atoms with E-state index in [0.717, 1.165) is 25.1 Å². The second kappa shape index (κ2) is 21.0. The van der Waals surface area contributed by atoms with Gasteiger partial charge < -0.3 is 107 Å². The molecule has 0 aromatic heterocycles. The zero-order chi connectivity index (χ0) is 66.1. The number of nitriles is 2. The fourth-order valence-corrected chi connectivity index (χ4v) is 11.5. The summed E-state index contributed by atoms with van der Waals surface area (Å²) in [4.78, 5) is 2.65. The second-order valence-corrected chi connectivity index (χ2v) is 21.0. The van der Waals surface area contributed by atoms with E-state index in [-0.39, 0.29) is 44.6 Å². The first-order chi connectivity index (χ1) is 43.7. The molecule has 25 heteroatoms. The highest BCUT2D eigenvalue weighted by Crippen LogP contribution is 2.63. The van der Waals surface area contributed by atoms with Crippen molar-refractivity contribution in [2.24, 2.45) is 0 Å². The summed E-state index contributed by atoms with van der Waals surface area (Å²) >= 11 is 0. The summed E-state index contributed by atoms with van der Waals surface area (Å²) in [6, 6.07) is 31.0. The molecule has 23 nitrogen and oxygen atoms in total. The summed E-state index contributed by atoms with van der Waals surface area (Å²) in [5.41, 5.74) is -7.55. The number of rotatable bonds is 10. The summed E-state index contributed by atoms with van der Waals surface area (Å²) < 4.78 is 35.0. The lowest BCUT2D eigenvalue weighted by Gasteiger charge is -2.32. The van der Waals surface area contributed by atoms with Gasteiger partial charge in [-0.25, -0.2) is 8.78 Å². The van der Waals surface area contributed by atoms with E-state index in [1.807, 2.05) is 12.1 Å². The Kier molecular flexibility index (Phi) is 13.4. The first kappa shape index (κ1) is 58.7. The molecule has 0 unspecified atom stereocenters. The van der Waals surface area contributed by atoms with Crippen molar-refractivity contribution in [3.63, 3.8) is 0 Å². The smallest absolute Gasteiger partial charge is 0.208 e. The van der Waals surface area contributed by atoms with Crippen LogP contribution in [0.1, 0.15) is 16.7 Å². The molecule has 12 rings (SSSR count). The maximum Gasteiger partial charge on any atom is 0.208 e. The topological polar surface area (TPSA) is 438 Å². The number of anilines is 6. The predicted octanol–water partition coefficient (Wildman–Crippen LogP) is 12.9. The number of aromatic hydroxyl groups is 19. The Morgan fingerprint density at radius 3 is 0.848 bits per heavy atom. The maximum atomic E-state index is 17.5. The molecule has 19 N–H and O–H groups in total. The average Bonchev–Trinajstić information content (AvgIpc) is 0.720. The van der Waals surface area contributed by atoms with Crippen LogP contribution < -0.4 is 9.80 Å². The second-order valence-electron chi connectivity index (χ2n) is 21.0. The van der Waals surface area contributed by atoms with Crippen LogP contribution in [0.4, 0.5) is 42.9 Å². The Labute approximate surface area is 513 Å². The largest absolute Gasteiger partial charge is 0.504 e. The molecule has 0 radical (unpaired) electrons. The van der Waals surface area contributed by atoms with Gasteiger partial charge in [-0.1, -0.05) is 36.4 Å². The molecule has 0 aliphatic carbocycles. The standard InChI is InChI=1S/C67H42F2N4O19/c1-24-49(74)51(76)45(52(77)50(24)75)33-18-35(47-55(80)61(86)66(91)62(87)56(47)81)41(20-37(33)68)72(29-10-2-25(22-70)3-11-29)39-16-8-27-7-15-32-40(17-9-28-6-14-31(39)43(27)44(28)32)73(30-12-4-26(23-71)5-13-30)42-21-38(69)34(46-53(78)59(84)65(90)60(85)54(46)79)19-36(42)48-57(82)63(88)67(92)64(89)58(48)83/h2-21,74-92H,1H3. The molecule has 92 heavy (non-hydrogen) atoms. The zero-order valence-electron chi connectivity index (χ0n) is 46.6. The lowest BCUT2D eigenvalue weighted by molar-refractivity contribution is 0.329. The van der Waals surface area contributed by atoms with Crippen LogP contribution in [-0.4, -0.2) is 97.0 Å². The van der Waals surface area contributed by atoms with Crippen molar-refractivity contribution in [1.82, 2.24) is 0 Å². The quantitative estimate of drug-likeness (QED) is 0.0343. The summed E-state index contributed by atoms with van der Waals surface area (Å²) in [6.45, 7) is 1.12. The minimum Gasteiger partial charge on any atom is -0.504 e. The average molecular weight is 1250 g/mol. The molecular weight excluding hydrogens is 1200 g/mol. The van der Waals surface area contributed by atoms with Gasteiger partial charge in [0.1, 0.15) is 11.6 Å². The highest BCUT2D eigenvalue weighted by atomic mass is 19.1. The highest BCUT2D eigenvalue weighted by molar-refractivity contribution is 6.28. The van der Waals surface area contributed by atoms with Crippen LogP contribution in [-0.2, 0) is 0 Å². The van der Waals surface area contributed by atoms with Gasteiger partial charge in [0.05, 0.1) is 68.3 Å². The number of phenolic OH excluding ortho intramolecular Hbond substituents is 19. The van der Waals surface area contributed by atoms with Crippen molar-refractivity contribution < 1.29 is 106 Å². The molecule has 12 aromatic carbocycles. The monoisotopic (exact) mass is 1240 g/mol. The molecule has 0 aliphatic heterocycles. The molecule has 0 heterocycles. The van der Waals surface area contributed by atoms with Crippen LogP contribution in [0, 0.1) is 41.2 Å². The van der Waals surface area contributed by atoms with E-state index in [1.54, 1.807) is 48.5 Å². The Morgan fingerprint density at radius 2 is 0.554 bits per heavy atom. The van der Waals surface area contributed by atoms with Crippen molar-refractivity contribution >= 4 is 66.4 Å². The van der Waals surface area contributed by atoms with Crippen LogP contribution in [0.15, 0.2) is 121 Å². The number of halogens is 2. The van der Waals surface area contributed by atoms with Crippen LogP contribution in [0.3, 0.4) is 0 Å². The van der Waals surface area contributed by atoms with Gasteiger partial charge >= 0.3 is 0 Å². The van der Waals surface area contributed by atoms with E-state index in [4.69, 9.17) is 0 Å². The summed E-state index contributed by atoms with van der Waals surface area (Å²) in [5, 5.41) is 232. The van der Waals surface area contributed by atoms with Crippen molar-refractivity contribution in [2.45, 2.75) is 6.92 Å². The van der Waals surface area contributed by atoms with Crippen molar-refractivity contribution in [3.8, 4) is 166 Å². The van der Waals surface area contributed by atoms with Crippen LogP contribution in [0.25, 0.3) is 76.8 Å². The van der Waals surface area contributed by atoms with Crippen molar-refractivity contribution in [1.29, 1.82) is 10.5 Å². The lowest BCUT2D eigenvalue weighted by atomic mass is 9.90. The van der Waals surface area contributed by atoms with E-state index in [0.29, 0.717) is 27.6 Å². The van der Waals surface area contributed by atoms with Gasteiger partial charge in [0.2, 0.25) is 51.7 Å². The molecule has 458 valence electrons. The third kappa shape index (κ3) is 8.45. The number of hydrogen-bond donors (Lipinski definition) is 19. The molecular formula is C67H42F2N4O19. The van der Waals surface area contributed by atoms with E-state index < -0.39 is 182 Å². The molecule has 12 aromatic rings. The molecule has 0 atom stereocenters. The number of hydrogen-bond acceptors (Lipinski definition) is 23. The molecule has 0 saturated heterocycles. The molecule has 0 aliphatic rings. The molecule has 0 bridgehead atoms. The summed E-state index contributed by atoms with van der Waals surface area (Å²) in [7, 11) is 0. The highest BCUT2D eigenvalue weighted by Gasteiger charge is 2.36. The van der Waals surface area contributed by atoms with Crippen LogP contribution >= 0.6 is 0 Å². The van der Waals surface area contributed by atoms with E-state index >= 15 is 8.78 Å². The zero-order valence-corrected chi connectivity index (χ0v) is 46.6. The van der Waals surface area contributed by atoms with Gasteiger partial charge in [-0.15, -0.1) is 0 Å². The first-order valence-electron chi connectivity index (χ1n) is 26.8.